The largest absolute Gasteiger partial charge is 0 e. The van der Waals surface area contributed by atoms with Crippen LogP contribution in [0.15, 0.2) is 0 Å². The smallest absolute Gasteiger partial charge is 0 e. The molecule has 0 aromatic carbocycles. The first-order valence-electron chi connectivity index (χ1n) is 0. The van der Waals surface area contributed by atoms with E-state index < -0.39 is 0 Å². The first kappa shape index (κ1) is 43.5. The molecule has 0 rings (SSSR count). The van der Waals surface area contributed by atoms with Crippen LogP contribution in [0.25, 0.3) is 0 Å². The van der Waals surface area contributed by atoms with Gasteiger partial charge in [-0.05, 0) is 0 Å². The van der Waals surface area contributed by atoms with Gasteiger partial charge in [-0.1, -0.05) is 0 Å². The zero-order valence-corrected chi connectivity index (χ0v) is 7.45. The Morgan fingerprint density at radius 3 is 1.00 bits per heavy atom. The Kier molecular flexibility index (Phi) is 242. The van der Waals surface area contributed by atoms with Crippen molar-refractivity contribution < 1.29 is 0 Å². The van der Waals surface area contributed by atoms with Crippen molar-refractivity contribution in [3.8, 4) is 0 Å². The topological polar surface area (TPSA) is 0 Å². The fourth-order valence-corrected chi connectivity index (χ4v) is 0. The average Bonchev–Trinajstić information content (AvgIpc) is 0. The van der Waals surface area contributed by atoms with Gasteiger partial charge in [-0.2, -0.15) is 0 Å². The van der Waals surface area contributed by atoms with Crippen LogP contribution in [0.5, 0.6) is 0 Å². The predicted molar refractivity (Wildman–Crippen MR) is 23.5 cm³/mol. The summed E-state index contributed by atoms with van der Waals surface area (Å²) < 4.78 is 0. The molecule has 0 nitrogen and oxygen atoms in total. The molecule has 0 saturated heterocycles. The van der Waals surface area contributed by atoms with Crippen LogP contribution in [0.2, 0.25) is 0 Å². The van der Waals surface area contributed by atoms with Crippen molar-refractivity contribution in [2.24, 2.45) is 0 Å². The Morgan fingerprint density at radius 1 is 1.00 bits per heavy atom. The standard InChI is InChI=1S/C.P.Pb.S. The minimum absolute atomic E-state index is 0. The quantitative estimate of drug-likeness (QED) is 0.463. The summed E-state index contributed by atoms with van der Waals surface area (Å²) in [5.41, 5.74) is 0. The van der Waals surface area contributed by atoms with E-state index in [4.69, 9.17) is 0 Å². The van der Waals surface area contributed by atoms with E-state index in [-0.39, 0.29) is 58.1 Å². The van der Waals surface area contributed by atoms with E-state index in [1.54, 1.807) is 0 Å². The molecular formula is CPPbS. The van der Waals surface area contributed by atoms with Gasteiger partial charge in [0.1, 0.15) is 0 Å². The normalized spacial score (nSPS) is 0. The minimum Gasteiger partial charge on any atom is 0 e. The first-order chi connectivity index (χ1) is 0. The maximum atomic E-state index is 0. The first-order valence-corrected chi connectivity index (χ1v) is 0. The van der Waals surface area contributed by atoms with Crippen LogP contribution in [-0.2, 0) is 0 Å². The van der Waals surface area contributed by atoms with E-state index >= 15 is 0 Å². The molecule has 0 aliphatic heterocycles. The summed E-state index contributed by atoms with van der Waals surface area (Å²) in [6, 6.07) is 0. The molecule has 0 aromatic heterocycles. The summed E-state index contributed by atoms with van der Waals surface area (Å²) in [4.78, 5) is 0. The Morgan fingerprint density at radius 2 is 1.00 bits per heavy atom. The minimum atomic E-state index is 0. The van der Waals surface area contributed by atoms with E-state index in [2.05, 4.69) is 0 Å². The monoisotopic (exact) mass is 283 g/mol. The Labute approximate surface area is 58.0 Å². The second-order valence-corrected chi connectivity index (χ2v) is 0. The molecule has 0 unspecified atom stereocenters. The molecule has 13 radical (unpaired) electrons. The van der Waals surface area contributed by atoms with Gasteiger partial charge < -0.3 is 0 Å². The van der Waals surface area contributed by atoms with Crippen LogP contribution >= 0.6 is 23.4 Å². The third-order valence-electron chi connectivity index (χ3n) is 0. The Bertz CT molecular complexity index is 8.00. The second-order valence-electron chi connectivity index (χ2n) is 0. The zero-order chi connectivity index (χ0) is 0. The summed E-state index contributed by atoms with van der Waals surface area (Å²) in [7, 11) is 0. The summed E-state index contributed by atoms with van der Waals surface area (Å²) in [6.45, 7) is 0. The van der Waals surface area contributed by atoms with Crippen molar-refractivity contribution in [3.05, 3.63) is 7.43 Å². The summed E-state index contributed by atoms with van der Waals surface area (Å²) in [5.74, 6) is 0. The summed E-state index contributed by atoms with van der Waals surface area (Å²) in [5, 5.41) is 0. The van der Waals surface area contributed by atoms with Gasteiger partial charge in [-0.25, -0.2) is 0 Å². The summed E-state index contributed by atoms with van der Waals surface area (Å²) in [6.07, 6.45) is 0. The molecule has 0 N–H and O–H groups in total. The second kappa shape index (κ2) is 22.2. The maximum absolute atomic E-state index is 0. The van der Waals surface area contributed by atoms with Gasteiger partial charge in [0.2, 0.25) is 0 Å². The molecule has 0 atom stereocenters. The molecule has 0 amide bonds. The van der Waals surface area contributed by atoms with Crippen molar-refractivity contribution in [1.82, 2.24) is 0 Å². The number of hydrogen-bond acceptors (Lipinski definition) is 0. The number of rotatable bonds is 0. The van der Waals surface area contributed by atoms with Gasteiger partial charge in [0.25, 0.3) is 0 Å². The molecule has 0 aromatic rings. The molecule has 0 bridgehead atoms. The third-order valence-corrected chi connectivity index (χ3v) is 0. The third kappa shape index (κ3) is 9.33. The Hall–Kier alpha value is 1.70. The van der Waals surface area contributed by atoms with Crippen molar-refractivity contribution in [3.63, 3.8) is 0 Å². The molecule has 0 saturated carbocycles. The van der Waals surface area contributed by atoms with Crippen molar-refractivity contribution >= 4 is 50.7 Å². The Balaban J connectivity index is 0. The SMILES string of the molecule is [C].[P].[Pb].[S]. The van der Waals surface area contributed by atoms with Crippen molar-refractivity contribution in [2.45, 2.75) is 0 Å². The van der Waals surface area contributed by atoms with Crippen LogP contribution in [0.4, 0.5) is 0 Å². The maximum Gasteiger partial charge on any atom is 0 e. The van der Waals surface area contributed by atoms with Crippen LogP contribution < -0.4 is 0 Å². The molecule has 0 aliphatic rings. The molecular weight excluding hydrogens is 282 g/mol. The van der Waals surface area contributed by atoms with Gasteiger partial charge in [0.05, 0.1) is 0 Å². The molecule has 19 valence electrons. The van der Waals surface area contributed by atoms with Crippen LogP contribution in [0.3, 0.4) is 0 Å². The summed E-state index contributed by atoms with van der Waals surface area (Å²) >= 11 is 0. The van der Waals surface area contributed by atoms with Crippen molar-refractivity contribution in [1.29, 1.82) is 0 Å². The molecule has 0 aliphatic carbocycles. The number of hydrogen-bond donors (Lipinski definition) is 0. The van der Waals surface area contributed by atoms with Crippen LogP contribution in [-0.4, -0.2) is 27.3 Å². The van der Waals surface area contributed by atoms with E-state index in [0.717, 1.165) is 0 Å². The van der Waals surface area contributed by atoms with E-state index in [9.17, 15) is 0 Å². The van der Waals surface area contributed by atoms with Gasteiger partial charge in [-0.3, -0.25) is 0 Å². The zero-order valence-electron chi connectivity index (χ0n) is 1.86. The van der Waals surface area contributed by atoms with Gasteiger partial charge >= 0.3 is 0 Å². The predicted octanol–water partition coefficient (Wildman–Crippen LogP) is 1.21. The van der Waals surface area contributed by atoms with Gasteiger partial charge in [0.15, 0.2) is 0 Å². The molecule has 0 spiro atoms. The fraction of sp³-hybridized carbons (Fsp3) is 0. The van der Waals surface area contributed by atoms with Gasteiger partial charge in [-0.15, -0.1) is 0 Å². The fourth-order valence-electron chi connectivity index (χ4n) is 0. The van der Waals surface area contributed by atoms with Crippen LogP contribution in [0, 0.1) is 7.43 Å². The van der Waals surface area contributed by atoms with Crippen molar-refractivity contribution in [2.75, 3.05) is 0 Å². The average molecular weight is 282 g/mol. The van der Waals surface area contributed by atoms with Crippen LogP contribution in [0.1, 0.15) is 0 Å². The van der Waals surface area contributed by atoms with E-state index in [0.29, 0.717) is 0 Å². The van der Waals surface area contributed by atoms with Gasteiger partial charge in [0, 0.05) is 58.1 Å². The molecule has 4 heavy (non-hydrogen) atoms. The molecule has 0 heterocycles. The molecule has 0 fully saturated rings. The van der Waals surface area contributed by atoms with E-state index in [1.165, 1.54) is 0 Å². The van der Waals surface area contributed by atoms with E-state index in [1.807, 2.05) is 0 Å². The molecule has 3 heteroatoms.